The second kappa shape index (κ2) is 9.82. The van der Waals surface area contributed by atoms with Crippen LogP contribution in [0.3, 0.4) is 0 Å². The van der Waals surface area contributed by atoms with Crippen LogP contribution in [0.25, 0.3) is 0 Å². The fraction of sp³-hybridized carbons (Fsp3) is 0.300. The number of benzene rings is 2. The van der Waals surface area contributed by atoms with E-state index in [-0.39, 0.29) is 34.3 Å². The summed E-state index contributed by atoms with van der Waals surface area (Å²) in [6, 6.07) is 9.58. The molecule has 0 aliphatic carbocycles. The molecule has 0 spiro atoms. The predicted molar refractivity (Wildman–Crippen MR) is 116 cm³/mol. The number of carbonyl (C=O) groups is 2. The van der Waals surface area contributed by atoms with Crippen molar-refractivity contribution in [1.82, 2.24) is 0 Å². The van der Waals surface area contributed by atoms with Gasteiger partial charge >= 0.3 is 5.97 Å². The zero-order valence-electron chi connectivity index (χ0n) is 17.0. The van der Waals surface area contributed by atoms with Crippen LogP contribution in [-0.4, -0.2) is 46.3 Å². The van der Waals surface area contributed by atoms with Crippen molar-refractivity contribution >= 4 is 44.9 Å². The predicted octanol–water partition coefficient (Wildman–Crippen LogP) is 3.32. The molecular formula is C20H23ClN2O6S. The van der Waals surface area contributed by atoms with E-state index < -0.39 is 27.9 Å². The Bertz CT molecular complexity index is 1040. The van der Waals surface area contributed by atoms with Crippen molar-refractivity contribution in [3.05, 3.63) is 53.1 Å². The summed E-state index contributed by atoms with van der Waals surface area (Å²) in [7, 11) is -2.51. The van der Waals surface area contributed by atoms with Crippen LogP contribution < -0.4 is 14.4 Å². The van der Waals surface area contributed by atoms with Crippen LogP contribution in [0.15, 0.2) is 42.5 Å². The molecule has 10 heteroatoms. The Morgan fingerprint density at radius 1 is 1.20 bits per heavy atom. The molecule has 1 N–H and O–H groups in total. The Hall–Kier alpha value is -2.78. The van der Waals surface area contributed by atoms with Gasteiger partial charge in [-0.25, -0.2) is 13.2 Å². The number of carbonyl (C=O) groups excluding carboxylic acids is 2. The van der Waals surface area contributed by atoms with Crippen molar-refractivity contribution < 1.29 is 27.5 Å². The molecule has 162 valence electrons. The highest BCUT2D eigenvalue weighted by atomic mass is 35.5. The lowest BCUT2D eigenvalue weighted by Gasteiger charge is -2.29. The Morgan fingerprint density at radius 3 is 2.47 bits per heavy atom. The Labute approximate surface area is 180 Å². The molecule has 1 atom stereocenters. The van der Waals surface area contributed by atoms with Gasteiger partial charge in [0.25, 0.3) is 0 Å². The van der Waals surface area contributed by atoms with Crippen molar-refractivity contribution in [3.63, 3.8) is 0 Å². The Balaban J connectivity index is 2.42. The van der Waals surface area contributed by atoms with Crippen LogP contribution in [-0.2, 0) is 19.6 Å². The van der Waals surface area contributed by atoms with E-state index >= 15 is 0 Å². The molecule has 0 fully saturated rings. The number of hydrogen-bond acceptors (Lipinski definition) is 6. The van der Waals surface area contributed by atoms with E-state index in [1.165, 1.54) is 38.3 Å². The van der Waals surface area contributed by atoms with Gasteiger partial charge < -0.3 is 14.8 Å². The number of nitrogens with one attached hydrogen (secondary N) is 1. The molecular weight excluding hydrogens is 432 g/mol. The molecule has 0 aliphatic heterocycles. The van der Waals surface area contributed by atoms with Crippen molar-refractivity contribution in [2.45, 2.75) is 19.9 Å². The van der Waals surface area contributed by atoms with Crippen molar-refractivity contribution in [3.8, 4) is 5.75 Å². The average molecular weight is 455 g/mol. The summed E-state index contributed by atoms with van der Waals surface area (Å²) >= 11 is 6.04. The zero-order chi connectivity index (χ0) is 22.5. The summed E-state index contributed by atoms with van der Waals surface area (Å²) < 4.78 is 36.2. The summed E-state index contributed by atoms with van der Waals surface area (Å²) in [5, 5.41) is 2.88. The summed E-state index contributed by atoms with van der Waals surface area (Å²) in [6.45, 7) is 3.27. The van der Waals surface area contributed by atoms with Gasteiger partial charge in [-0.05, 0) is 44.2 Å². The van der Waals surface area contributed by atoms with Gasteiger partial charge in [0.2, 0.25) is 15.9 Å². The molecule has 0 radical (unpaired) electrons. The van der Waals surface area contributed by atoms with Crippen molar-refractivity contribution in [2.24, 2.45) is 0 Å². The number of ether oxygens (including phenoxy) is 2. The standard InChI is InChI=1S/C20H23ClN2O6S/c1-5-29-20(25)15-8-6-7-9-16(15)22-19(24)13(2)23(30(4,26)27)17-12-14(21)10-11-18(17)28-3/h6-13H,5H2,1-4H3,(H,22,24)/t13-/m1/s1. The highest BCUT2D eigenvalue weighted by Gasteiger charge is 2.32. The van der Waals surface area contributed by atoms with E-state index in [2.05, 4.69) is 5.32 Å². The van der Waals surface area contributed by atoms with E-state index in [1.807, 2.05) is 0 Å². The first-order chi connectivity index (χ1) is 14.1. The number of para-hydroxylation sites is 1. The number of sulfonamides is 1. The molecule has 1 amide bonds. The highest BCUT2D eigenvalue weighted by Crippen LogP contribution is 2.34. The lowest BCUT2D eigenvalue weighted by atomic mass is 10.1. The molecule has 0 aromatic heterocycles. The molecule has 8 nitrogen and oxygen atoms in total. The first-order valence-electron chi connectivity index (χ1n) is 9.00. The van der Waals surface area contributed by atoms with Gasteiger partial charge in [-0.1, -0.05) is 23.7 Å². The van der Waals surface area contributed by atoms with Crippen LogP contribution in [0.2, 0.25) is 5.02 Å². The summed E-state index contributed by atoms with van der Waals surface area (Å²) in [4.78, 5) is 25.1. The lowest BCUT2D eigenvalue weighted by Crippen LogP contribution is -2.45. The quantitative estimate of drug-likeness (QED) is 0.614. The third kappa shape index (κ3) is 5.43. The first kappa shape index (κ1) is 23.5. The summed E-state index contributed by atoms with van der Waals surface area (Å²) in [6.07, 6.45) is 0.976. The second-order valence-electron chi connectivity index (χ2n) is 6.31. The number of methoxy groups -OCH3 is 1. The third-order valence-corrected chi connectivity index (χ3v) is 5.61. The number of hydrogen-bond donors (Lipinski definition) is 1. The molecule has 0 saturated carbocycles. The number of nitrogens with zero attached hydrogens (tertiary/aromatic N) is 1. The Morgan fingerprint density at radius 2 is 1.87 bits per heavy atom. The fourth-order valence-corrected chi connectivity index (χ4v) is 4.17. The summed E-state index contributed by atoms with van der Waals surface area (Å²) in [5.41, 5.74) is 0.485. The van der Waals surface area contributed by atoms with Crippen LogP contribution in [0.1, 0.15) is 24.2 Å². The van der Waals surface area contributed by atoms with Crippen molar-refractivity contribution in [2.75, 3.05) is 29.6 Å². The highest BCUT2D eigenvalue weighted by molar-refractivity contribution is 7.92. The number of anilines is 2. The summed E-state index contributed by atoms with van der Waals surface area (Å²) in [5.74, 6) is -1.02. The van der Waals surface area contributed by atoms with E-state index in [4.69, 9.17) is 21.1 Å². The molecule has 0 unspecified atom stereocenters. The third-order valence-electron chi connectivity index (χ3n) is 4.15. The monoisotopic (exact) mass is 454 g/mol. The fourth-order valence-electron chi connectivity index (χ4n) is 2.83. The number of esters is 1. The maximum atomic E-state index is 12.9. The first-order valence-corrected chi connectivity index (χ1v) is 11.2. The Kier molecular flexibility index (Phi) is 7.69. The minimum absolute atomic E-state index is 0.119. The van der Waals surface area contributed by atoms with E-state index in [0.717, 1.165) is 10.6 Å². The molecule has 2 rings (SSSR count). The number of rotatable bonds is 8. The zero-order valence-corrected chi connectivity index (χ0v) is 18.6. The van der Waals surface area contributed by atoms with Gasteiger partial charge in [0.1, 0.15) is 11.8 Å². The van der Waals surface area contributed by atoms with Gasteiger partial charge in [0.05, 0.1) is 36.9 Å². The molecule has 0 heterocycles. The molecule has 0 aliphatic rings. The largest absolute Gasteiger partial charge is 0.495 e. The minimum Gasteiger partial charge on any atom is -0.495 e. The van der Waals surface area contributed by atoms with E-state index in [0.29, 0.717) is 0 Å². The van der Waals surface area contributed by atoms with Gasteiger partial charge in [0.15, 0.2) is 0 Å². The van der Waals surface area contributed by atoms with Gasteiger partial charge in [-0.15, -0.1) is 0 Å². The van der Waals surface area contributed by atoms with Crippen LogP contribution in [0, 0.1) is 0 Å². The molecule has 2 aromatic carbocycles. The molecule has 30 heavy (non-hydrogen) atoms. The van der Waals surface area contributed by atoms with E-state index in [9.17, 15) is 18.0 Å². The van der Waals surface area contributed by atoms with Crippen molar-refractivity contribution in [1.29, 1.82) is 0 Å². The van der Waals surface area contributed by atoms with Crippen LogP contribution in [0.5, 0.6) is 5.75 Å². The molecule has 0 bridgehead atoms. The SMILES string of the molecule is CCOC(=O)c1ccccc1NC(=O)[C@@H](C)N(c1cc(Cl)ccc1OC)S(C)(=O)=O. The maximum Gasteiger partial charge on any atom is 0.340 e. The van der Waals surface area contributed by atoms with Gasteiger partial charge in [-0.3, -0.25) is 9.10 Å². The number of halogens is 1. The van der Waals surface area contributed by atoms with Crippen LogP contribution >= 0.6 is 11.6 Å². The molecule has 0 saturated heterocycles. The van der Waals surface area contributed by atoms with Gasteiger partial charge in [-0.2, -0.15) is 0 Å². The molecule has 2 aromatic rings. The minimum atomic E-state index is -3.90. The average Bonchev–Trinajstić information content (AvgIpc) is 2.67. The normalized spacial score (nSPS) is 12.0. The lowest BCUT2D eigenvalue weighted by molar-refractivity contribution is -0.116. The topological polar surface area (TPSA) is 102 Å². The van der Waals surface area contributed by atoms with E-state index in [1.54, 1.807) is 25.1 Å². The van der Waals surface area contributed by atoms with Crippen LogP contribution in [0.4, 0.5) is 11.4 Å². The smallest absolute Gasteiger partial charge is 0.340 e. The maximum absolute atomic E-state index is 12.9. The second-order valence-corrected chi connectivity index (χ2v) is 8.60. The number of amides is 1. The van der Waals surface area contributed by atoms with Gasteiger partial charge in [0, 0.05) is 5.02 Å².